The van der Waals surface area contributed by atoms with Crippen LogP contribution in [0.1, 0.15) is 18.2 Å². The molecule has 0 bridgehead atoms. The van der Waals surface area contributed by atoms with Gasteiger partial charge in [0.2, 0.25) is 5.78 Å². The first-order valence-corrected chi connectivity index (χ1v) is 7.77. The fraction of sp³-hybridized carbons (Fsp3) is 0.250. The lowest BCUT2D eigenvalue weighted by Crippen LogP contribution is -2.22. The van der Waals surface area contributed by atoms with E-state index in [4.69, 9.17) is 0 Å². The quantitative estimate of drug-likeness (QED) is 0.721. The molecule has 4 nitrogen and oxygen atoms in total. The van der Waals surface area contributed by atoms with Gasteiger partial charge in [0, 0.05) is 24.6 Å². The Balaban J connectivity index is 1.94. The van der Waals surface area contributed by atoms with E-state index in [1.54, 1.807) is 6.20 Å². The van der Waals surface area contributed by atoms with Gasteiger partial charge in [0.15, 0.2) is 0 Å². The molecule has 0 spiro atoms. The van der Waals surface area contributed by atoms with E-state index >= 15 is 0 Å². The lowest BCUT2D eigenvalue weighted by atomic mass is 10.2. The van der Waals surface area contributed by atoms with Gasteiger partial charge in [-0.25, -0.2) is 9.97 Å². The maximum absolute atomic E-state index is 4.61. The zero-order valence-corrected chi connectivity index (χ0v) is 13.7. The Kier molecular flexibility index (Phi) is 3.92. The molecule has 0 saturated heterocycles. The molecular formula is C16H17BrN4. The number of hydrogen-bond acceptors (Lipinski definition) is 3. The number of fused-ring (bicyclic) bond motifs is 1. The van der Waals surface area contributed by atoms with Crippen molar-refractivity contribution in [2.45, 2.75) is 20.4 Å². The van der Waals surface area contributed by atoms with Crippen LogP contribution < -0.4 is 4.90 Å². The molecule has 0 aliphatic rings. The molecule has 0 unspecified atom stereocenters. The van der Waals surface area contributed by atoms with Crippen LogP contribution in [0.15, 0.2) is 47.3 Å². The first-order valence-electron chi connectivity index (χ1n) is 6.98. The highest BCUT2D eigenvalue weighted by atomic mass is 79.9. The van der Waals surface area contributed by atoms with Crippen molar-refractivity contribution in [1.82, 2.24) is 14.4 Å². The second-order valence-electron chi connectivity index (χ2n) is 4.99. The summed E-state index contributed by atoms with van der Waals surface area (Å²) in [7, 11) is 0. The van der Waals surface area contributed by atoms with Gasteiger partial charge in [-0.2, -0.15) is 0 Å². The Bertz CT molecular complexity index is 766. The van der Waals surface area contributed by atoms with Crippen LogP contribution in [0.25, 0.3) is 5.78 Å². The van der Waals surface area contributed by atoms with Crippen LogP contribution in [0.4, 0.5) is 5.69 Å². The molecule has 0 fully saturated rings. The molecular weight excluding hydrogens is 328 g/mol. The van der Waals surface area contributed by atoms with E-state index in [1.165, 1.54) is 11.3 Å². The second kappa shape index (κ2) is 5.85. The van der Waals surface area contributed by atoms with E-state index in [2.05, 4.69) is 68.9 Å². The molecule has 0 radical (unpaired) electrons. The summed E-state index contributed by atoms with van der Waals surface area (Å²) in [5, 5.41) is 0. The van der Waals surface area contributed by atoms with Crippen molar-refractivity contribution < 1.29 is 0 Å². The van der Waals surface area contributed by atoms with Crippen molar-refractivity contribution in [3.05, 3.63) is 58.6 Å². The van der Waals surface area contributed by atoms with Gasteiger partial charge in [-0.05, 0) is 53.5 Å². The molecule has 0 N–H and O–H groups in total. The van der Waals surface area contributed by atoms with Crippen LogP contribution in [-0.4, -0.2) is 20.9 Å². The SMILES string of the molecule is CCN(Cc1nc2ncccn2c1Br)c1cccc(C)c1. The van der Waals surface area contributed by atoms with E-state index < -0.39 is 0 Å². The Morgan fingerprint density at radius 2 is 2.14 bits per heavy atom. The summed E-state index contributed by atoms with van der Waals surface area (Å²) in [5.41, 5.74) is 3.48. The molecule has 0 aliphatic heterocycles. The first kappa shape index (κ1) is 14.1. The summed E-state index contributed by atoms with van der Waals surface area (Å²) in [6.45, 7) is 5.95. The van der Waals surface area contributed by atoms with Gasteiger partial charge in [0.1, 0.15) is 4.60 Å². The maximum Gasteiger partial charge on any atom is 0.234 e. The molecule has 0 atom stereocenters. The second-order valence-corrected chi connectivity index (χ2v) is 5.74. The fourth-order valence-corrected chi connectivity index (χ4v) is 2.89. The number of rotatable bonds is 4. The van der Waals surface area contributed by atoms with Gasteiger partial charge in [-0.15, -0.1) is 0 Å². The molecule has 0 saturated carbocycles. The Labute approximate surface area is 132 Å². The summed E-state index contributed by atoms with van der Waals surface area (Å²) in [5.74, 6) is 0.722. The number of benzene rings is 1. The Hall–Kier alpha value is -1.88. The molecule has 2 aromatic heterocycles. The van der Waals surface area contributed by atoms with Crippen LogP contribution in [0.5, 0.6) is 0 Å². The topological polar surface area (TPSA) is 33.4 Å². The highest BCUT2D eigenvalue weighted by Gasteiger charge is 2.14. The van der Waals surface area contributed by atoms with Gasteiger partial charge in [-0.1, -0.05) is 12.1 Å². The summed E-state index contributed by atoms with van der Waals surface area (Å²) in [4.78, 5) is 11.2. The van der Waals surface area contributed by atoms with E-state index in [0.717, 1.165) is 29.2 Å². The largest absolute Gasteiger partial charge is 0.366 e. The molecule has 0 aliphatic carbocycles. The van der Waals surface area contributed by atoms with Crippen molar-refractivity contribution in [1.29, 1.82) is 0 Å². The number of aromatic nitrogens is 3. The zero-order chi connectivity index (χ0) is 14.8. The molecule has 0 amide bonds. The Morgan fingerprint density at radius 3 is 2.86 bits per heavy atom. The average Bonchev–Trinajstić information content (AvgIpc) is 2.81. The number of aryl methyl sites for hydroxylation is 1. The van der Waals surface area contributed by atoms with Crippen molar-refractivity contribution in [3.63, 3.8) is 0 Å². The van der Waals surface area contributed by atoms with E-state index in [-0.39, 0.29) is 0 Å². The van der Waals surface area contributed by atoms with Gasteiger partial charge in [0.05, 0.1) is 12.2 Å². The molecule has 3 rings (SSSR count). The highest BCUT2D eigenvalue weighted by Crippen LogP contribution is 2.23. The molecule has 3 aromatic rings. The smallest absolute Gasteiger partial charge is 0.234 e. The number of hydrogen-bond donors (Lipinski definition) is 0. The van der Waals surface area contributed by atoms with E-state index in [0.29, 0.717) is 0 Å². The summed E-state index contributed by atoms with van der Waals surface area (Å²) >= 11 is 3.63. The van der Waals surface area contributed by atoms with Crippen molar-refractivity contribution in [2.75, 3.05) is 11.4 Å². The molecule has 2 heterocycles. The minimum absolute atomic E-state index is 0.722. The third kappa shape index (κ3) is 2.78. The van der Waals surface area contributed by atoms with E-state index in [9.17, 15) is 0 Å². The van der Waals surface area contributed by atoms with Gasteiger partial charge >= 0.3 is 0 Å². The number of nitrogens with zero attached hydrogens (tertiary/aromatic N) is 4. The third-order valence-electron chi connectivity index (χ3n) is 3.50. The van der Waals surface area contributed by atoms with E-state index in [1.807, 2.05) is 16.7 Å². The van der Waals surface area contributed by atoms with Crippen LogP contribution >= 0.6 is 15.9 Å². The standard InChI is InChI=1S/C16H17BrN4/c1-3-20(13-7-4-6-12(2)10-13)11-14-15(17)21-9-5-8-18-16(21)19-14/h4-10H,3,11H2,1-2H3. The predicted molar refractivity (Wildman–Crippen MR) is 88.6 cm³/mol. The number of imidazole rings is 1. The Morgan fingerprint density at radius 1 is 1.29 bits per heavy atom. The average molecular weight is 345 g/mol. The molecule has 1 aromatic carbocycles. The third-order valence-corrected chi connectivity index (χ3v) is 4.34. The van der Waals surface area contributed by atoms with Crippen LogP contribution in [-0.2, 0) is 6.54 Å². The fourth-order valence-electron chi connectivity index (χ4n) is 2.40. The lowest BCUT2D eigenvalue weighted by Gasteiger charge is -2.22. The van der Waals surface area contributed by atoms with Crippen molar-refractivity contribution in [2.24, 2.45) is 0 Å². The number of anilines is 1. The maximum atomic E-state index is 4.61. The minimum Gasteiger partial charge on any atom is -0.366 e. The first-order chi connectivity index (χ1) is 10.2. The highest BCUT2D eigenvalue weighted by molar-refractivity contribution is 9.10. The molecule has 5 heteroatoms. The summed E-state index contributed by atoms with van der Waals surface area (Å²) in [6.07, 6.45) is 3.72. The molecule has 21 heavy (non-hydrogen) atoms. The van der Waals surface area contributed by atoms with Crippen LogP contribution in [0.3, 0.4) is 0 Å². The zero-order valence-electron chi connectivity index (χ0n) is 12.1. The normalized spacial score (nSPS) is 11.0. The monoisotopic (exact) mass is 344 g/mol. The van der Waals surface area contributed by atoms with Crippen LogP contribution in [0.2, 0.25) is 0 Å². The summed E-state index contributed by atoms with van der Waals surface area (Å²) in [6, 6.07) is 10.4. The lowest BCUT2D eigenvalue weighted by molar-refractivity contribution is 0.811. The molecule has 108 valence electrons. The van der Waals surface area contributed by atoms with Gasteiger partial charge in [0.25, 0.3) is 0 Å². The predicted octanol–water partition coefficient (Wildman–Crippen LogP) is 3.83. The van der Waals surface area contributed by atoms with Gasteiger partial charge in [-0.3, -0.25) is 4.40 Å². The van der Waals surface area contributed by atoms with Crippen LogP contribution in [0, 0.1) is 6.92 Å². The number of halogens is 1. The minimum atomic E-state index is 0.722. The van der Waals surface area contributed by atoms with Crippen molar-refractivity contribution >= 4 is 27.4 Å². The van der Waals surface area contributed by atoms with Gasteiger partial charge < -0.3 is 4.90 Å². The van der Waals surface area contributed by atoms with Crippen molar-refractivity contribution in [3.8, 4) is 0 Å². The summed E-state index contributed by atoms with van der Waals surface area (Å²) < 4.78 is 2.93.